The summed E-state index contributed by atoms with van der Waals surface area (Å²) >= 11 is 0. The molecule has 0 heterocycles. The van der Waals surface area contributed by atoms with Crippen molar-refractivity contribution >= 4 is 5.91 Å². The molecule has 0 aromatic heterocycles. The highest BCUT2D eigenvalue weighted by atomic mass is 16.5. The maximum atomic E-state index is 13.2. The summed E-state index contributed by atoms with van der Waals surface area (Å²) in [7, 11) is 0. The van der Waals surface area contributed by atoms with Crippen LogP contribution >= 0.6 is 0 Å². The number of amides is 1. The van der Waals surface area contributed by atoms with Gasteiger partial charge in [-0.2, -0.15) is 0 Å². The number of hydrogen-bond acceptors (Lipinski definition) is 2. The maximum Gasteiger partial charge on any atom is 0.263 e. The molecule has 0 fully saturated rings. The Morgan fingerprint density at radius 2 is 1.39 bits per heavy atom. The average Bonchev–Trinajstić information content (AvgIpc) is 2.70. The van der Waals surface area contributed by atoms with E-state index in [9.17, 15) is 4.79 Å². The topological polar surface area (TPSA) is 29.5 Å². The highest BCUT2D eigenvalue weighted by molar-refractivity contribution is 5.81. The molecule has 3 aromatic carbocycles. The van der Waals surface area contributed by atoms with Crippen LogP contribution < -0.4 is 4.74 Å². The molecule has 0 aliphatic rings. The molecule has 0 unspecified atom stereocenters. The van der Waals surface area contributed by atoms with E-state index < -0.39 is 6.10 Å². The zero-order valence-corrected chi connectivity index (χ0v) is 16.8. The summed E-state index contributed by atoms with van der Waals surface area (Å²) in [5.74, 6) is 0.735. The van der Waals surface area contributed by atoms with Gasteiger partial charge in [0.1, 0.15) is 5.75 Å². The number of carbonyl (C=O) groups is 1. The van der Waals surface area contributed by atoms with Gasteiger partial charge in [0.2, 0.25) is 0 Å². The average molecular weight is 373 g/mol. The Kier molecular flexibility index (Phi) is 6.49. The lowest BCUT2D eigenvalue weighted by Crippen LogP contribution is -2.39. The number of ether oxygens (including phenoxy) is 1. The molecule has 3 rings (SSSR count). The van der Waals surface area contributed by atoms with Crippen LogP contribution in [-0.2, 0) is 17.9 Å². The molecule has 3 heteroatoms. The van der Waals surface area contributed by atoms with Gasteiger partial charge in [0.05, 0.1) is 0 Å². The Morgan fingerprint density at radius 1 is 0.857 bits per heavy atom. The minimum atomic E-state index is -0.561. The Morgan fingerprint density at radius 3 is 1.89 bits per heavy atom. The van der Waals surface area contributed by atoms with E-state index in [-0.39, 0.29) is 5.91 Å². The second-order valence-electron chi connectivity index (χ2n) is 7.19. The molecule has 0 saturated carbocycles. The third-order valence-corrected chi connectivity index (χ3v) is 4.73. The van der Waals surface area contributed by atoms with Crippen molar-refractivity contribution in [3.05, 3.63) is 101 Å². The molecular formula is C25H27NO2. The highest BCUT2D eigenvalue weighted by Crippen LogP contribution is 2.21. The van der Waals surface area contributed by atoms with Crippen molar-refractivity contribution in [2.24, 2.45) is 0 Å². The van der Waals surface area contributed by atoms with Crippen molar-refractivity contribution < 1.29 is 9.53 Å². The van der Waals surface area contributed by atoms with E-state index in [2.05, 4.69) is 6.07 Å². The summed E-state index contributed by atoms with van der Waals surface area (Å²) in [5, 5.41) is 0. The predicted molar refractivity (Wildman–Crippen MR) is 113 cm³/mol. The third-order valence-electron chi connectivity index (χ3n) is 4.73. The molecule has 0 aliphatic carbocycles. The molecule has 144 valence electrons. The van der Waals surface area contributed by atoms with Gasteiger partial charge < -0.3 is 9.64 Å². The first-order chi connectivity index (χ1) is 13.5. The van der Waals surface area contributed by atoms with Crippen LogP contribution in [0.1, 0.15) is 29.2 Å². The third kappa shape index (κ3) is 5.23. The van der Waals surface area contributed by atoms with Gasteiger partial charge in [-0.05, 0) is 43.5 Å². The van der Waals surface area contributed by atoms with Gasteiger partial charge in [-0.1, -0.05) is 78.4 Å². The van der Waals surface area contributed by atoms with Gasteiger partial charge in [-0.3, -0.25) is 4.79 Å². The van der Waals surface area contributed by atoms with E-state index in [1.165, 1.54) is 5.56 Å². The van der Waals surface area contributed by atoms with Gasteiger partial charge in [-0.15, -0.1) is 0 Å². The van der Waals surface area contributed by atoms with Crippen molar-refractivity contribution in [2.45, 2.75) is 40.0 Å². The van der Waals surface area contributed by atoms with Crippen molar-refractivity contribution in [3.8, 4) is 5.75 Å². The largest absolute Gasteiger partial charge is 0.481 e. The van der Waals surface area contributed by atoms with E-state index in [1.807, 2.05) is 98.5 Å². The summed E-state index contributed by atoms with van der Waals surface area (Å²) in [5.41, 5.74) is 4.42. The molecule has 0 aliphatic heterocycles. The predicted octanol–water partition coefficient (Wildman–Crippen LogP) is 5.30. The van der Waals surface area contributed by atoms with Gasteiger partial charge in [0, 0.05) is 13.1 Å². The minimum Gasteiger partial charge on any atom is -0.481 e. The van der Waals surface area contributed by atoms with Gasteiger partial charge in [0.25, 0.3) is 5.91 Å². The fourth-order valence-electron chi connectivity index (χ4n) is 3.25. The second kappa shape index (κ2) is 9.23. The maximum absolute atomic E-state index is 13.2. The van der Waals surface area contributed by atoms with Crippen LogP contribution in [0.25, 0.3) is 0 Å². The van der Waals surface area contributed by atoms with Crippen molar-refractivity contribution in [3.63, 3.8) is 0 Å². The van der Waals surface area contributed by atoms with E-state index >= 15 is 0 Å². The number of carbonyl (C=O) groups excluding carboxylic acids is 1. The molecule has 0 bridgehead atoms. The smallest absolute Gasteiger partial charge is 0.263 e. The Labute approximate surface area is 167 Å². The molecule has 3 aromatic rings. The van der Waals surface area contributed by atoms with Crippen molar-refractivity contribution in [2.75, 3.05) is 0 Å². The standard InChI is InChI=1S/C25H27NO2/c1-19-14-15-24(20(2)16-19)28-21(3)25(27)26(17-22-10-6-4-7-11-22)18-23-12-8-5-9-13-23/h4-16,21H,17-18H2,1-3H3/t21-/m1/s1. The van der Waals surface area contributed by atoms with Crippen LogP contribution in [0.5, 0.6) is 5.75 Å². The lowest BCUT2D eigenvalue weighted by atomic mass is 10.1. The first-order valence-corrected chi connectivity index (χ1v) is 9.63. The summed E-state index contributed by atoms with van der Waals surface area (Å²) < 4.78 is 6.03. The monoisotopic (exact) mass is 373 g/mol. The van der Waals surface area contributed by atoms with Crippen LogP contribution in [0.4, 0.5) is 0 Å². The lowest BCUT2D eigenvalue weighted by Gasteiger charge is -2.27. The fourth-order valence-corrected chi connectivity index (χ4v) is 3.25. The summed E-state index contributed by atoms with van der Waals surface area (Å²) in [6, 6.07) is 26.1. The molecule has 1 amide bonds. The molecular weight excluding hydrogens is 346 g/mol. The first-order valence-electron chi connectivity index (χ1n) is 9.63. The van der Waals surface area contributed by atoms with Crippen molar-refractivity contribution in [1.82, 2.24) is 4.90 Å². The highest BCUT2D eigenvalue weighted by Gasteiger charge is 2.23. The summed E-state index contributed by atoms with van der Waals surface area (Å²) in [6.07, 6.45) is -0.561. The molecule has 28 heavy (non-hydrogen) atoms. The Bertz CT molecular complexity index is 865. The molecule has 0 N–H and O–H groups in total. The van der Waals surface area contributed by atoms with Gasteiger partial charge in [0.15, 0.2) is 6.10 Å². The van der Waals surface area contributed by atoms with E-state index in [0.29, 0.717) is 13.1 Å². The quantitative estimate of drug-likeness (QED) is 0.562. The second-order valence-corrected chi connectivity index (χ2v) is 7.19. The van der Waals surface area contributed by atoms with Crippen LogP contribution in [-0.4, -0.2) is 16.9 Å². The summed E-state index contributed by atoms with van der Waals surface area (Å²) in [6.45, 7) is 6.98. The van der Waals surface area contributed by atoms with E-state index in [0.717, 1.165) is 22.4 Å². The van der Waals surface area contributed by atoms with Gasteiger partial charge >= 0.3 is 0 Å². The normalized spacial score (nSPS) is 11.7. The zero-order valence-electron chi connectivity index (χ0n) is 16.8. The first kappa shape index (κ1) is 19.7. The molecule has 0 radical (unpaired) electrons. The van der Waals surface area contributed by atoms with Crippen LogP contribution in [0, 0.1) is 13.8 Å². The van der Waals surface area contributed by atoms with Crippen molar-refractivity contribution in [1.29, 1.82) is 0 Å². The lowest BCUT2D eigenvalue weighted by molar-refractivity contribution is -0.139. The van der Waals surface area contributed by atoms with Gasteiger partial charge in [-0.25, -0.2) is 0 Å². The number of nitrogens with zero attached hydrogens (tertiary/aromatic N) is 1. The fraction of sp³-hybridized carbons (Fsp3) is 0.240. The SMILES string of the molecule is Cc1ccc(O[C@H](C)C(=O)N(Cc2ccccc2)Cc2ccccc2)c(C)c1. The number of aryl methyl sites for hydroxylation is 2. The van der Waals surface area contributed by atoms with Crippen LogP contribution in [0.2, 0.25) is 0 Å². The minimum absolute atomic E-state index is 0.0207. The molecule has 1 atom stereocenters. The molecule has 0 saturated heterocycles. The molecule has 3 nitrogen and oxygen atoms in total. The van der Waals surface area contributed by atoms with Crippen LogP contribution in [0.15, 0.2) is 78.9 Å². The number of hydrogen-bond donors (Lipinski definition) is 0. The van der Waals surface area contributed by atoms with E-state index in [4.69, 9.17) is 4.74 Å². The Hall–Kier alpha value is -3.07. The number of rotatable bonds is 7. The summed E-state index contributed by atoms with van der Waals surface area (Å²) in [4.78, 5) is 15.1. The van der Waals surface area contributed by atoms with Crippen LogP contribution in [0.3, 0.4) is 0 Å². The molecule has 0 spiro atoms. The zero-order chi connectivity index (χ0) is 19.9. The Balaban J connectivity index is 1.78. The number of benzene rings is 3. The van der Waals surface area contributed by atoms with E-state index in [1.54, 1.807) is 0 Å².